The van der Waals surface area contributed by atoms with Crippen molar-refractivity contribution in [2.45, 2.75) is 45.6 Å². The molecule has 1 aromatic heterocycles. The third-order valence-electron chi connectivity index (χ3n) is 3.61. The van der Waals surface area contributed by atoms with Crippen molar-refractivity contribution in [3.63, 3.8) is 0 Å². The zero-order valence-corrected chi connectivity index (χ0v) is 14.5. The molecule has 0 saturated heterocycles. The van der Waals surface area contributed by atoms with Gasteiger partial charge in [-0.2, -0.15) is 0 Å². The van der Waals surface area contributed by atoms with Crippen LogP contribution in [0.25, 0.3) is 11.3 Å². The first-order valence-electron chi connectivity index (χ1n) is 7.95. The van der Waals surface area contributed by atoms with Crippen LogP contribution in [0.4, 0.5) is 0 Å². The third-order valence-corrected chi connectivity index (χ3v) is 4.16. The lowest BCUT2D eigenvalue weighted by Crippen LogP contribution is -2.14. The van der Waals surface area contributed by atoms with Gasteiger partial charge in [0.2, 0.25) is 0 Å². The van der Waals surface area contributed by atoms with Crippen LogP contribution in [0.5, 0.6) is 0 Å². The van der Waals surface area contributed by atoms with E-state index in [-0.39, 0.29) is 0 Å². The molecule has 0 unspecified atom stereocenters. The number of nitrogens with one attached hydrogen (secondary N) is 1. The number of rotatable bonds is 9. The summed E-state index contributed by atoms with van der Waals surface area (Å²) in [6.07, 6.45) is 6.47. The number of halogens is 2. The van der Waals surface area contributed by atoms with Crippen molar-refractivity contribution < 1.29 is 4.42 Å². The highest BCUT2D eigenvalue weighted by Crippen LogP contribution is 2.31. The Morgan fingerprint density at radius 2 is 1.82 bits per heavy atom. The lowest BCUT2D eigenvalue weighted by atomic mass is 10.1. The van der Waals surface area contributed by atoms with Gasteiger partial charge in [0, 0.05) is 10.6 Å². The summed E-state index contributed by atoms with van der Waals surface area (Å²) in [5.74, 6) is 1.70. The second-order valence-electron chi connectivity index (χ2n) is 5.48. The monoisotopic (exact) mass is 339 g/mol. The fourth-order valence-electron chi connectivity index (χ4n) is 2.37. The number of hydrogen-bond donors (Lipinski definition) is 1. The molecular formula is C18H23Cl2NO. The zero-order chi connectivity index (χ0) is 15.8. The molecule has 2 rings (SSSR count). The van der Waals surface area contributed by atoms with Crippen molar-refractivity contribution in [2.75, 3.05) is 6.54 Å². The summed E-state index contributed by atoms with van der Waals surface area (Å²) in [4.78, 5) is 0. The number of unbranched alkanes of at least 4 members (excludes halogenated alkanes) is 4. The molecule has 0 radical (unpaired) electrons. The van der Waals surface area contributed by atoms with E-state index in [1.165, 1.54) is 32.1 Å². The van der Waals surface area contributed by atoms with Crippen LogP contribution in [0.3, 0.4) is 0 Å². The topological polar surface area (TPSA) is 25.2 Å². The highest BCUT2D eigenvalue weighted by atomic mass is 35.5. The Hall–Kier alpha value is -0.960. The SMILES string of the molecule is CCCCCCCNCc1ccc(-c2ccc(Cl)cc2Cl)o1. The van der Waals surface area contributed by atoms with Crippen molar-refractivity contribution in [3.8, 4) is 11.3 Å². The van der Waals surface area contributed by atoms with Gasteiger partial charge in [0.25, 0.3) is 0 Å². The molecule has 0 aliphatic rings. The van der Waals surface area contributed by atoms with Gasteiger partial charge in [0.15, 0.2) is 0 Å². The van der Waals surface area contributed by atoms with Gasteiger partial charge in [-0.1, -0.05) is 55.8 Å². The molecule has 0 fully saturated rings. The van der Waals surface area contributed by atoms with E-state index in [9.17, 15) is 0 Å². The first kappa shape index (κ1) is 17.4. The second kappa shape index (κ2) is 9.24. The predicted octanol–water partition coefficient (Wildman–Crippen LogP) is 6.31. The van der Waals surface area contributed by atoms with Gasteiger partial charge in [0.1, 0.15) is 11.5 Å². The second-order valence-corrected chi connectivity index (χ2v) is 6.32. The Kier molecular flexibility index (Phi) is 7.31. The molecule has 1 heterocycles. The molecule has 1 N–H and O–H groups in total. The van der Waals surface area contributed by atoms with E-state index in [4.69, 9.17) is 27.6 Å². The molecule has 0 amide bonds. The fraction of sp³-hybridized carbons (Fsp3) is 0.444. The van der Waals surface area contributed by atoms with Crippen LogP contribution in [-0.2, 0) is 6.54 Å². The molecule has 1 aromatic carbocycles. The van der Waals surface area contributed by atoms with E-state index < -0.39 is 0 Å². The number of benzene rings is 1. The maximum Gasteiger partial charge on any atom is 0.135 e. The standard InChI is InChI=1S/C18H23Cl2NO/c1-2-3-4-5-6-11-21-13-15-8-10-18(22-15)16-9-7-14(19)12-17(16)20/h7-10,12,21H,2-6,11,13H2,1H3. The minimum absolute atomic E-state index is 0.609. The molecule has 0 saturated carbocycles. The Balaban J connectivity index is 1.79. The molecule has 2 nitrogen and oxygen atoms in total. The van der Waals surface area contributed by atoms with Gasteiger partial charge in [-0.05, 0) is 43.3 Å². The van der Waals surface area contributed by atoms with Crippen LogP contribution < -0.4 is 5.32 Å². The predicted molar refractivity (Wildman–Crippen MR) is 94.6 cm³/mol. The normalized spacial score (nSPS) is 11.0. The summed E-state index contributed by atoms with van der Waals surface area (Å²) in [7, 11) is 0. The first-order valence-corrected chi connectivity index (χ1v) is 8.71. The Labute approximate surface area is 142 Å². The molecule has 0 aliphatic carbocycles. The highest BCUT2D eigenvalue weighted by Gasteiger charge is 2.09. The molecule has 0 aliphatic heterocycles. The summed E-state index contributed by atoms with van der Waals surface area (Å²) in [5.41, 5.74) is 0.872. The van der Waals surface area contributed by atoms with Crippen LogP contribution in [0.15, 0.2) is 34.7 Å². The van der Waals surface area contributed by atoms with Crippen LogP contribution >= 0.6 is 23.2 Å². The number of furan rings is 1. The maximum absolute atomic E-state index is 6.20. The van der Waals surface area contributed by atoms with Crippen LogP contribution in [0, 0.1) is 0 Å². The maximum atomic E-state index is 6.20. The van der Waals surface area contributed by atoms with Gasteiger partial charge >= 0.3 is 0 Å². The number of hydrogen-bond acceptors (Lipinski definition) is 2. The Bertz CT molecular complexity index is 580. The van der Waals surface area contributed by atoms with Crippen molar-refractivity contribution in [2.24, 2.45) is 0 Å². The van der Waals surface area contributed by atoms with E-state index >= 15 is 0 Å². The Morgan fingerprint density at radius 1 is 1.00 bits per heavy atom. The van der Waals surface area contributed by atoms with Crippen molar-refractivity contribution in [3.05, 3.63) is 46.1 Å². The third kappa shape index (κ3) is 5.35. The smallest absolute Gasteiger partial charge is 0.135 e. The van der Waals surface area contributed by atoms with Crippen molar-refractivity contribution >= 4 is 23.2 Å². The van der Waals surface area contributed by atoms with Gasteiger partial charge in [0.05, 0.1) is 11.6 Å². The molecule has 0 spiro atoms. The van der Waals surface area contributed by atoms with E-state index in [0.717, 1.165) is 30.2 Å². The summed E-state index contributed by atoms with van der Waals surface area (Å²) >= 11 is 12.1. The van der Waals surface area contributed by atoms with E-state index in [1.54, 1.807) is 6.07 Å². The van der Waals surface area contributed by atoms with Crippen molar-refractivity contribution in [1.82, 2.24) is 5.32 Å². The molecule has 0 atom stereocenters. The quantitative estimate of drug-likeness (QED) is 0.541. The first-order chi connectivity index (χ1) is 10.7. The minimum Gasteiger partial charge on any atom is -0.460 e. The fourth-order valence-corrected chi connectivity index (χ4v) is 2.87. The largest absolute Gasteiger partial charge is 0.460 e. The van der Waals surface area contributed by atoms with Crippen LogP contribution in [-0.4, -0.2) is 6.54 Å². The van der Waals surface area contributed by atoms with Gasteiger partial charge in [-0.3, -0.25) is 0 Å². The van der Waals surface area contributed by atoms with E-state index in [2.05, 4.69) is 12.2 Å². The average molecular weight is 340 g/mol. The van der Waals surface area contributed by atoms with Gasteiger partial charge in [-0.15, -0.1) is 0 Å². The van der Waals surface area contributed by atoms with Gasteiger partial charge < -0.3 is 9.73 Å². The summed E-state index contributed by atoms with van der Waals surface area (Å²) < 4.78 is 5.85. The lowest BCUT2D eigenvalue weighted by Gasteiger charge is -2.03. The van der Waals surface area contributed by atoms with E-state index in [1.807, 2.05) is 24.3 Å². The van der Waals surface area contributed by atoms with Crippen LogP contribution in [0.2, 0.25) is 10.0 Å². The molecule has 2 aromatic rings. The molecule has 4 heteroatoms. The van der Waals surface area contributed by atoms with E-state index in [0.29, 0.717) is 10.0 Å². The molecule has 22 heavy (non-hydrogen) atoms. The summed E-state index contributed by atoms with van der Waals surface area (Å²) in [5, 5.41) is 4.66. The minimum atomic E-state index is 0.609. The molecule has 120 valence electrons. The summed E-state index contributed by atoms with van der Waals surface area (Å²) in [6.45, 7) is 4.01. The Morgan fingerprint density at radius 3 is 2.59 bits per heavy atom. The van der Waals surface area contributed by atoms with Crippen LogP contribution in [0.1, 0.15) is 44.8 Å². The highest BCUT2D eigenvalue weighted by molar-refractivity contribution is 6.36. The average Bonchev–Trinajstić information content (AvgIpc) is 2.95. The lowest BCUT2D eigenvalue weighted by molar-refractivity contribution is 0.486. The summed E-state index contributed by atoms with van der Waals surface area (Å²) in [6, 6.07) is 9.38. The zero-order valence-electron chi connectivity index (χ0n) is 13.0. The molecule has 0 bridgehead atoms. The van der Waals surface area contributed by atoms with Crippen molar-refractivity contribution in [1.29, 1.82) is 0 Å². The molecular weight excluding hydrogens is 317 g/mol. The van der Waals surface area contributed by atoms with Gasteiger partial charge in [-0.25, -0.2) is 0 Å².